The second-order valence-electron chi connectivity index (χ2n) is 29.9. The zero-order valence-corrected chi connectivity index (χ0v) is 71.5. The first-order valence-corrected chi connectivity index (χ1v) is 44.2. The predicted molar refractivity (Wildman–Crippen MR) is 513 cm³/mol. The topological polar surface area (TPSA) is 121 Å². The van der Waals surface area contributed by atoms with Gasteiger partial charge in [0.05, 0.1) is 0 Å². The van der Waals surface area contributed by atoms with E-state index in [2.05, 4.69) is 280 Å². The van der Waals surface area contributed by atoms with E-state index in [1.807, 2.05) is 72.8 Å². The van der Waals surface area contributed by atoms with E-state index >= 15 is 0 Å². The van der Waals surface area contributed by atoms with Crippen molar-refractivity contribution in [1.29, 1.82) is 0 Å². The van der Waals surface area contributed by atoms with Crippen LogP contribution >= 0.6 is 39.8 Å². The van der Waals surface area contributed by atoms with Gasteiger partial charge in [0.25, 0.3) is 0 Å². The largest absolute Gasteiger partial charge is 0.507 e. The molecule has 0 fully saturated rings. The molecule has 0 amide bonds. The Hall–Kier alpha value is -10.6. The van der Waals surface area contributed by atoms with Gasteiger partial charge < -0.3 is 30.5 Å². The molecule has 0 spiro atoms. The first kappa shape index (κ1) is 87.2. The highest BCUT2D eigenvalue weighted by atomic mass is 79.9. The number of unbranched alkanes of at least 4 members (excludes halogenated alkanes) is 6. The Morgan fingerprint density at radius 3 is 0.889 bits per heavy atom. The van der Waals surface area contributed by atoms with Crippen LogP contribution in [0.25, 0.3) is 121 Å². The second-order valence-corrected chi connectivity index (χ2v) is 34.0. The number of fused-ring (bicyclic) bond motifs is 4. The van der Waals surface area contributed by atoms with Crippen molar-refractivity contribution in [2.75, 3.05) is 12.3 Å². The summed E-state index contributed by atoms with van der Waals surface area (Å²) in [5.74, 6) is 0.580. The summed E-state index contributed by atoms with van der Waals surface area (Å²) >= 11 is 6.95. The van der Waals surface area contributed by atoms with Gasteiger partial charge in [-0.05, 0) is 264 Å². The summed E-state index contributed by atoms with van der Waals surface area (Å²) in [5.41, 5.74) is 20.3. The van der Waals surface area contributed by atoms with Gasteiger partial charge in [0.15, 0.2) is 0 Å². The molecule has 0 aliphatic carbocycles. The first-order valence-electron chi connectivity index (χ1n) is 40.9. The van der Waals surface area contributed by atoms with Crippen LogP contribution in [0.5, 0.6) is 23.0 Å². The second kappa shape index (κ2) is 43.0. The molecular formula is C107H108BBr2O6P. The van der Waals surface area contributed by atoms with Gasteiger partial charge in [-0.25, -0.2) is 0 Å². The molecule has 0 saturated heterocycles. The Morgan fingerprint density at radius 2 is 0.590 bits per heavy atom. The van der Waals surface area contributed by atoms with Gasteiger partial charge in [-0.15, -0.1) is 0 Å². The Bertz CT molecular complexity index is 5540. The Kier molecular flexibility index (Phi) is 32.1. The lowest BCUT2D eigenvalue weighted by Gasteiger charge is -2.16. The van der Waals surface area contributed by atoms with Crippen LogP contribution in [0.3, 0.4) is 0 Å². The summed E-state index contributed by atoms with van der Waals surface area (Å²) in [5, 5.41) is 71.0. The molecule has 0 bridgehead atoms. The minimum atomic E-state index is -1.40. The van der Waals surface area contributed by atoms with E-state index in [-0.39, 0.29) is 38.3 Å². The fourth-order valence-electron chi connectivity index (χ4n) is 15.2. The van der Waals surface area contributed by atoms with E-state index in [0.29, 0.717) is 27.7 Å². The molecule has 0 unspecified atom stereocenters. The normalized spacial score (nSPS) is 11.2. The van der Waals surface area contributed by atoms with Crippen molar-refractivity contribution in [2.24, 2.45) is 0 Å². The lowest BCUT2D eigenvalue weighted by Crippen LogP contribution is -2.29. The van der Waals surface area contributed by atoms with Gasteiger partial charge in [-0.1, -0.05) is 361 Å². The molecule has 0 radical (unpaired) electrons. The number of benzene rings is 15. The van der Waals surface area contributed by atoms with Crippen molar-refractivity contribution in [2.45, 2.75) is 126 Å². The SMILES string of the molecule is C.C/C=C\CP(C/C=C\C)c1ccccc1C.CCCCCc1ccc(-c2ccc(-c3ccc4c(-c5c(O)ccc6cc(-c7ccc(-c8ccc(CCCCC)cc8)cc7)ccc56)c(O)ccc4c3)cc2)cc1.CCCCCc1ccc(-c2ccc(B(O)O)cc2)cc1.Oc1ccc2cc(Br)ccc2c1-c1c(O)ccc2cc(Br)ccc12. The smallest absolute Gasteiger partial charge is 0.488 e. The standard InChI is InChI=1S/C54H50O2.C20H12Br2O2.C17H21BO2.C15H21P.CH4/c1-3-5-7-9-37-11-15-39(16-12-37)41-19-23-43(24-20-41)45-27-31-49-47(35-45)29-33-51(55)53(49)54-50-32-28-46(36-48(50)30-34-52(54)56)44-25-21-42(22-26-44)40-17-13-38(14-18-40)10-8-6-4-2;21-13-3-5-15-11(9-13)1-7-17(23)19(15)20-16-6-4-14(22)10-12(16)2-8-18(20)24;1-2-3-4-5-14-6-8-15(9-7-14)16-10-12-17(13-11-16)18(19)20;1-4-6-12-16(13-7-5-2)15-11-9-8-10-14(15)3;/h11-36,55-56H,3-10H2,1-2H3;1-10,23-24H;6-13,19-20H,2-5H2,1H3;4-11H,12-13H2,1-3H3;1H4/b;;;6-4-,7-5-;. The maximum Gasteiger partial charge on any atom is 0.488 e. The number of allylic oxidation sites excluding steroid dienone is 4. The molecule has 15 aromatic rings. The minimum absolute atomic E-state index is 0. The third kappa shape index (κ3) is 22.6. The van der Waals surface area contributed by atoms with Crippen LogP contribution in [0.4, 0.5) is 0 Å². The predicted octanol–water partition coefficient (Wildman–Crippen LogP) is 29.5. The average Bonchev–Trinajstić information content (AvgIpc) is 0.752. The summed E-state index contributed by atoms with van der Waals surface area (Å²) < 4.78 is 1.94. The summed E-state index contributed by atoms with van der Waals surface area (Å²) in [4.78, 5) is 0. The highest BCUT2D eigenvalue weighted by Gasteiger charge is 2.21. The van der Waals surface area contributed by atoms with Gasteiger partial charge in [-0.3, -0.25) is 0 Å². The molecule has 6 nitrogen and oxygen atoms in total. The summed E-state index contributed by atoms with van der Waals surface area (Å²) in [7, 11) is -1.46. The maximum absolute atomic E-state index is 11.3. The van der Waals surface area contributed by atoms with Gasteiger partial charge in [0.1, 0.15) is 23.0 Å². The van der Waals surface area contributed by atoms with Crippen LogP contribution < -0.4 is 10.8 Å². The number of phenolic OH excluding ortho intramolecular Hbond substituents is 4. The number of hydrogen-bond donors (Lipinski definition) is 6. The fraction of sp³-hybridized carbons (Fsp3) is 0.196. The molecule has 10 heteroatoms. The molecule has 117 heavy (non-hydrogen) atoms. The Balaban J connectivity index is 0.000000180. The maximum atomic E-state index is 11.3. The van der Waals surface area contributed by atoms with Crippen molar-refractivity contribution < 1.29 is 30.5 Å². The average molecular weight is 1690 g/mol. The molecule has 0 aliphatic rings. The summed E-state index contributed by atoms with van der Waals surface area (Å²) in [6.07, 6.45) is 26.0. The van der Waals surface area contributed by atoms with Gasteiger partial charge >= 0.3 is 7.12 Å². The van der Waals surface area contributed by atoms with Crippen molar-refractivity contribution in [3.63, 3.8) is 0 Å². The van der Waals surface area contributed by atoms with Crippen LogP contribution in [0.15, 0.2) is 324 Å². The highest BCUT2D eigenvalue weighted by molar-refractivity contribution is 9.10. The van der Waals surface area contributed by atoms with E-state index in [1.54, 1.807) is 41.7 Å². The molecule has 6 N–H and O–H groups in total. The fourth-order valence-corrected chi connectivity index (χ4v) is 18.3. The molecule has 0 aliphatic heterocycles. The van der Waals surface area contributed by atoms with E-state index in [4.69, 9.17) is 10.0 Å². The summed E-state index contributed by atoms with van der Waals surface area (Å²) in [6, 6.07) is 99.1. The molecule has 15 aromatic carbocycles. The van der Waals surface area contributed by atoms with Crippen LogP contribution in [-0.2, 0) is 19.3 Å². The number of phenols is 4. The monoisotopic (exact) mass is 1690 g/mol. The van der Waals surface area contributed by atoms with Crippen LogP contribution in [0.1, 0.15) is 122 Å². The van der Waals surface area contributed by atoms with Crippen LogP contribution in [0.2, 0.25) is 0 Å². The lowest BCUT2D eigenvalue weighted by atomic mass is 9.80. The van der Waals surface area contributed by atoms with Crippen molar-refractivity contribution in [3.8, 4) is 101 Å². The minimum Gasteiger partial charge on any atom is -0.507 e. The van der Waals surface area contributed by atoms with E-state index in [9.17, 15) is 20.4 Å². The summed E-state index contributed by atoms with van der Waals surface area (Å²) in [6.45, 7) is 13.1. The van der Waals surface area contributed by atoms with E-state index < -0.39 is 7.12 Å². The first-order chi connectivity index (χ1) is 56.5. The number of aromatic hydroxyl groups is 4. The van der Waals surface area contributed by atoms with Crippen LogP contribution in [-0.4, -0.2) is 49.9 Å². The van der Waals surface area contributed by atoms with Crippen molar-refractivity contribution >= 4 is 101 Å². The molecule has 15 rings (SSSR count). The quantitative estimate of drug-likeness (QED) is 0.0147. The molecule has 0 saturated carbocycles. The molecule has 0 heterocycles. The zero-order valence-electron chi connectivity index (χ0n) is 67.4. The molecular weight excluding hydrogens is 1580 g/mol. The van der Waals surface area contributed by atoms with E-state index in [1.165, 1.54) is 115 Å². The third-order valence-corrected chi connectivity index (χ3v) is 25.2. The molecule has 0 aromatic heterocycles. The van der Waals surface area contributed by atoms with Crippen LogP contribution in [0, 0.1) is 6.92 Å². The van der Waals surface area contributed by atoms with Crippen molar-refractivity contribution in [3.05, 3.63) is 347 Å². The van der Waals surface area contributed by atoms with Gasteiger partial charge in [0.2, 0.25) is 0 Å². The van der Waals surface area contributed by atoms with Gasteiger partial charge in [0, 0.05) is 31.2 Å². The van der Waals surface area contributed by atoms with Gasteiger partial charge in [-0.2, -0.15) is 0 Å². The Labute approximate surface area is 711 Å². The third-order valence-electron chi connectivity index (χ3n) is 21.7. The highest BCUT2D eigenvalue weighted by Crippen LogP contribution is 2.48. The Morgan fingerprint density at radius 1 is 0.316 bits per heavy atom. The number of halogens is 2. The number of aryl methyl sites for hydroxylation is 4. The number of rotatable bonds is 25. The van der Waals surface area contributed by atoms with Crippen molar-refractivity contribution in [1.82, 2.24) is 0 Å². The van der Waals surface area contributed by atoms with E-state index in [0.717, 1.165) is 105 Å². The lowest BCUT2D eigenvalue weighted by molar-refractivity contribution is 0.425. The zero-order chi connectivity index (χ0) is 81.5. The number of hydrogen-bond acceptors (Lipinski definition) is 6. The molecule has 594 valence electrons. The molecule has 0 atom stereocenters.